The normalized spacial score (nSPS) is 24.6. The van der Waals surface area contributed by atoms with Gasteiger partial charge in [-0.3, -0.25) is 14.5 Å². The number of nitrogens with zero attached hydrogens (tertiary/aromatic N) is 1. The maximum Gasteiger partial charge on any atom is 0.242 e. The predicted molar refractivity (Wildman–Crippen MR) is 184 cm³/mol. The number of aliphatic hydroxyl groups is 1. The Labute approximate surface area is 281 Å². The van der Waals surface area contributed by atoms with Crippen molar-refractivity contribution in [2.45, 2.75) is 120 Å². The fraction of sp³-hybridized carbons (Fsp3) is 0.667. The molecule has 4 rings (SSSR count). The van der Waals surface area contributed by atoms with Gasteiger partial charge >= 0.3 is 0 Å². The number of β-amino-alcohol motifs (C(OH)–C–C–N with tert-alkyl or cyclic N) is 1. The number of nitrogens with one attached hydrogen (secondary N) is 2. The molecule has 1 unspecified atom stereocenters. The minimum atomic E-state index is -3.84. The second-order valence-corrected chi connectivity index (χ2v) is 17.6. The summed E-state index contributed by atoms with van der Waals surface area (Å²) < 4.78 is 30.4. The molecule has 1 aromatic heterocycles. The third kappa shape index (κ3) is 8.66. The lowest BCUT2D eigenvalue weighted by Crippen LogP contribution is -2.72. The van der Waals surface area contributed by atoms with Gasteiger partial charge in [-0.25, -0.2) is 8.42 Å². The molecule has 2 amide bonds. The van der Waals surface area contributed by atoms with Gasteiger partial charge in [0.25, 0.3) is 0 Å². The number of hydrogen-bond acceptors (Lipinski definition) is 8. The summed E-state index contributed by atoms with van der Waals surface area (Å²) in [6.45, 7) is 9.94. The van der Waals surface area contributed by atoms with Gasteiger partial charge in [-0.05, 0) is 82.9 Å². The molecule has 11 heteroatoms. The first-order valence-electron chi connectivity index (χ1n) is 17.1. The van der Waals surface area contributed by atoms with Gasteiger partial charge in [-0.15, -0.1) is 0 Å². The summed E-state index contributed by atoms with van der Waals surface area (Å²) in [5.74, 6) is 0.561. The van der Waals surface area contributed by atoms with Crippen LogP contribution < -0.4 is 16.4 Å². The smallest absolute Gasteiger partial charge is 0.242 e. The molecule has 1 aromatic carbocycles. The Morgan fingerprint density at radius 2 is 1.72 bits per heavy atom. The second kappa shape index (κ2) is 14.8. The van der Waals surface area contributed by atoms with E-state index in [9.17, 15) is 23.1 Å². The number of hydrogen-bond donors (Lipinski definition) is 4. The predicted octanol–water partition coefficient (Wildman–Crippen LogP) is 3.62. The third-order valence-corrected chi connectivity index (χ3v) is 13.0. The molecule has 1 aliphatic carbocycles. The standard InChI is InChI=1S/C36H56N4O6S/c1-7-35(5,47(6,44)45)36(37,22-28-18-13-19-46-28)33(43)38-29(20-25-14-9-8-10-15-25)31(41)24-40-23-27-17-12-11-16-26(27)21-30(40)32(42)39-34(2,3)4/h8-10,13-15,18-19,26-27,29-31,41H,7,11-12,16-17,20-24,37H2,1-6H3,(H,38,43)(H,39,42)/t26-,27+,29-,30-,31+,35?,36+/m0/s1. The molecule has 47 heavy (non-hydrogen) atoms. The van der Waals surface area contributed by atoms with Gasteiger partial charge in [0.1, 0.15) is 11.3 Å². The lowest BCUT2D eigenvalue weighted by atomic mass is 9.72. The number of carbonyl (C=O) groups is 2. The highest BCUT2D eigenvalue weighted by Gasteiger charge is 2.57. The maximum absolute atomic E-state index is 14.4. The Morgan fingerprint density at radius 3 is 2.30 bits per heavy atom. The molecule has 0 radical (unpaired) electrons. The average molecular weight is 673 g/mol. The minimum absolute atomic E-state index is 0.0522. The van der Waals surface area contributed by atoms with Crippen LogP contribution in [-0.2, 0) is 32.3 Å². The zero-order chi connectivity index (χ0) is 34.6. The topological polar surface area (TPSA) is 155 Å². The van der Waals surface area contributed by atoms with E-state index in [0.29, 0.717) is 24.1 Å². The summed E-state index contributed by atoms with van der Waals surface area (Å²) in [6, 6.07) is 11.6. The lowest BCUT2D eigenvalue weighted by molar-refractivity contribution is -0.134. The highest BCUT2D eigenvalue weighted by atomic mass is 32.2. The molecule has 2 fully saturated rings. The van der Waals surface area contributed by atoms with Gasteiger partial charge in [0.15, 0.2) is 9.84 Å². The quantitative estimate of drug-likeness (QED) is 0.252. The Balaban J connectivity index is 1.67. The van der Waals surface area contributed by atoms with Gasteiger partial charge in [-0.2, -0.15) is 0 Å². The van der Waals surface area contributed by atoms with E-state index in [1.807, 2.05) is 51.1 Å². The Morgan fingerprint density at radius 1 is 1.06 bits per heavy atom. The zero-order valence-electron chi connectivity index (χ0n) is 29.0. The summed E-state index contributed by atoms with van der Waals surface area (Å²) in [6.07, 6.45) is 6.96. The summed E-state index contributed by atoms with van der Waals surface area (Å²) in [7, 11) is -3.84. The van der Waals surface area contributed by atoms with E-state index in [-0.39, 0.29) is 31.7 Å². The summed E-state index contributed by atoms with van der Waals surface area (Å²) in [4.78, 5) is 30.2. The molecule has 2 heterocycles. The van der Waals surface area contributed by atoms with Crippen LogP contribution >= 0.6 is 0 Å². The lowest BCUT2D eigenvalue weighted by Gasteiger charge is -2.47. The van der Waals surface area contributed by atoms with Crippen molar-refractivity contribution in [2.75, 3.05) is 19.3 Å². The highest BCUT2D eigenvalue weighted by molar-refractivity contribution is 7.92. The zero-order valence-corrected chi connectivity index (χ0v) is 29.8. The largest absolute Gasteiger partial charge is 0.469 e. The van der Waals surface area contributed by atoms with Crippen LogP contribution in [-0.4, -0.2) is 83.6 Å². The molecule has 7 atom stereocenters. The van der Waals surface area contributed by atoms with Crippen LogP contribution in [0.2, 0.25) is 0 Å². The number of piperidine rings is 1. The van der Waals surface area contributed by atoms with Crippen molar-refractivity contribution >= 4 is 21.7 Å². The van der Waals surface area contributed by atoms with Crippen LogP contribution in [0.15, 0.2) is 53.1 Å². The van der Waals surface area contributed by atoms with Crippen molar-refractivity contribution in [3.8, 4) is 0 Å². The number of furan rings is 1. The van der Waals surface area contributed by atoms with Gasteiger partial charge in [0, 0.05) is 31.3 Å². The molecule has 2 aromatic rings. The van der Waals surface area contributed by atoms with Crippen molar-refractivity contribution in [2.24, 2.45) is 17.6 Å². The number of sulfone groups is 1. The number of benzene rings is 1. The number of rotatable bonds is 13. The van der Waals surface area contributed by atoms with E-state index in [1.54, 1.807) is 19.1 Å². The van der Waals surface area contributed by atoms with E-state index in [4.69, 9.17) is 10.2 Å². The number of amides is 2. The molecule has 1 aliphatic heterocycles. The van der Waals surface area contributed by atoms with Crippen molar-refractivity contribution in [1.82, 2.24) is 15.5 Å². The van der Waals surface area contributed by atoms with Gasteiger partial charge in [-0.1, -0.05) is 56.5 Å². The van der Waals surface area contributed by atoms with Crippen LogP contribution in [0.25, 0.3) is 0 Å². The van der Waals surface area contributed by atoms with E-state index in [0.717, 1.165) is 37.5 Å². The molecular weight excluding hydrogens is 616 g/mol. The first-order chi connectivity index (χ1) is 22.0. The fourth-order valence-electron chi connectivity index (χ4n) is 7.55. The molecule has 262 valence electrons. The maximum atomic E-state index is 14.4. The van der Waals surface area contributed by atoms with Gasteiger partial charge in [0.05, 0.1) is 29.2 Å². The molecule has 0 bridgehead atoms. The van der Waals surface area contributed by atoms with E-state index in [2.05, 4.69) is 15.5 Å². The number of nitrogens with two attached hydrogens (primary N) is 1. The van der Waals surface area contributed by atoms with Crippen molar-refractivity contribution in [3.63, 3.8) is 0 Å². The average Bonchev–Trinajstić information content (AvgIpc) is 3.51. The molecular formula is C36H56N4O6S. The number of likely N-dealkylation sites (tertiary alicyclic amines) is 1. The molecule has 5 N–H and O–H groups in total. The van der Waals surface area contributed by atoms with Gasteiger partial charge in [0.2, 0.25) is 11.8 Å². The monoisotopic (exact) mass is 672 g/mol. The second-order valence-electron chi connectivity index (χ2n) is 15.2. The first kappa shape index (κ1) is 37.1. The summed E-state index contributed by atoms with van der Waals surface area (Å²) in [5.41, 5.74) is 5.50. The van der Waals surface area contributed by atoms with E-state index < -0.39 is 49.8 Å². The fourth-order valence-corrected chi connectivity index (χ4v) is 8.90. The number of fused-ring (bicyclic) bond motifs is 1. The van der Waals surface area contributed by atoms with Gasteiger partial charge < -0.3 is 25.9 Å². The third-order valence-electron chi connectivity index (χ3n) is 10.7. The van der Waals surface area contributed by atoms with Crippen molar-refractivity contribution in [1.29, 1.82) is 0 Å². The van der Waals surface area contributed by atoms with Crippen LogP contribution in [0.5, 0.6) is 0 Å². The van der Waals surface area contributed by atoms with E-state index in [1.165, 1.54) is 19.6 Å². The number of carbonyl (C=O) groups excluding carboxylic acids is 2. The number of aliphatic hydroxyl groups excluding tert-OH is 1. The van der Waals surface area contributed by atoms with Crippen molar-refractivity contribution in [3.05, 3.63) is 60.1 Å². The van der Waals surface area contributed by atoms with Crippen LogP contribution in [0.1, 0.15) is 84.5 Å². The van der Waals surface area contributed by atoms with Crippen LogP contribution in [0.4, 0.5) is 0 Å². The molecule has 1 saturated heterocycles. The van der Waals surface area contributed by atoms with E-state index >= 15 is 0 Å². The summed E-state index contributed by atoms with van der Waals surface area (Å²) >= 11 is 0. The SMILES string of the molecule is CCC(C)([C@@](N)(Cc1ccco1)C(=O)N[C@@H](Cc1ccccc1)[C@H](O)CN1C[C@H]2CCCC[C@H]2C[C@H]1C(=O)NC(C)(C)C)S(C)(=O)=O. The Hall–Kier alpha value is -2.73. The molecule has 2 aliphatic rings. The molecule has 1 saturated carbocycles. The minimum Gasteiger partial charge on any atom is -0.469 e. The van der Waals surface area contributed by atoms with Crippen LogP contribution in [0, 0.1) is 11.8 Å². The van der Waals surface area contributed by atoms with Crippen molar-refractivity contribution < 1.29 is 27.5 Å². The highest BCUT2D eigenvalue weighted by Crippen LogP contribution is 2.39. The first-order valence-corrected chi connectivity index (χ1v) is 19.0. The summed E-state index contributed by atoms with van der Waals surface area (Å²) in [5, 5.41) is 18.1. The Kier molecular flexibility index (Phi) is 11.7. The molecule has 0 spiro atoms. The van der Waals surface area contributed by atoms with Crippen LogP contribution in [0.3, 0.4) is 0 Å². The Bertz CT molecular complexity index is 1440. The molecule has 10 nitrogen and oxygen atoms in total.